The van der Waals surface area contributed by atoms with Gasteiger partial charge < -0.3 is 14.5 Å². The van der Waals surface area contributed by atoms with Crippen LogP contribution < -0.4 is 4.74 Å². The number of hydrogen-bond donors (Lipinski definition) is 0. The Bertz CT molecular complexity index is 567. The number of hydrogen-bond acceptors (Lipinski definition) is 4. The number of halogens is 1. The number of ether oxygens (including phenoxy) is 1. The van der Waals surface area contributed by atoms with Gasteiger partial charge in [0.15, 0.2) is 0 Å². The highest BCUT2D eigenvalue weighted by Crippen LogP contribution is 2.25. The molecule has 0 saturated carbocycles. The molecule has 0 unspecified atom stereocenters. The highest BCUT2D eigenvalue weighted by molar-refractivity contribution is 6.32. The highest BCUT2D eigenvalue weighted by atomic mass is 35.5. The first-order valence-electron chi connectivity index (χ1n) is 8.97. The summed E-state index contributed by atoms with van der Waals surface area (Å²) in [5.74, 6) is 1.13. The van der Waals surface area contributed by atoms with Crippen molar-refractivity contribution in [3.05, 3.63) is 22.8 Å². The molecule has 0 aliphatic carbocycles. The lowest BCUT2D eigenvalue weighted by molar-refractivity contribution is 0.0672. The molecule has 0 atom stereocenters. The minimum atomic E-state index is 0.0204. The molecule has 0 bridgehead atoms. The van der Waals surface area contributed by atoms with Crippen LogP contribution in [-0.4, -0.2) is 60.0 Å². The van der Waals surface area contributed by atoms with Crippen LogP contribution in [0.1, 0.15) is 43.0 Å². The lowest BCUT2D eigenvalue weighted by Gasteiger charge is -2.34. The number of aromatic nitrogens is 1. The second-order valence-corrected chi connectivity index (χ2v) is 7.09. The minimum Gasteiger partial charge on any atom is -0.477 e. The van der Waals surface area contributed by atoms with E-state index < -0.39 is 0 Å². The highest BCUT2D eigenvalue weighted by Gasteiger charge is 2.26. The zero-order valence-corrected chi connectivity index (χ0v) is 15.1. The van der Waals surface area contributed by atoms with Crippen LogP contribution in [0.3, 0.4) is 0 Å². The second kappa shape index (κ2) is 8.17. The lowest BCUT2D eigenvalue weighted by atomic mass is 9.96. The van der Waals surface area contributed by atoms with Gasteiger partial charge in [0.25, 0.3) is 5.91 Å². The third kappa shape index (κ3) is 4.19. The zero-order chi connectivity index (χ0) is 16.9. The number of carbonyl (C=O) groups excluding carboxylic acids is 1. The van der Waals surface area contributed by atoms with Gasteiger partial charge in [-0.1, -0.05) is 11.6 Å². The van der Waals surface area contributed by atoms with Gasteiger partial charge >= 0.3 is 0 Å². The third-order valence-corrected chi connectivity index (χ3v) is 5.22. The van der Waals surface area contributed by atoms with Crippen molar-refractivity contribution in [2.75, 3.05) is 39.3 Å². The Hall–Kier alpha value is -1.33. The molecule has 6 heteroatoms. The number of rotatable bonds is 5. The van der Waals surface area contributed by atoms with Gasteiger partial charge in [-0.2, -0.15) is 0 Å². The van der Waals surface area contributed by atoms with Crippen molar-refractivity contribution < 1.29 is 9.53 Å². The molecule has 1 amide bonds. The Morgan fingerprint density at radius 2 is 2.00 bits per heavy atom. The summed E-state index contributed by atoms with van der Waals surface area (Å²) < 4.78 is 5.32. The molecule has 0 N–H and O–H groups in total. The van der Waals surface area contributed by atoms with Gasteiger partial charge in [0.2, 0.25) is 5.88 Å². The summed E-state index contributed by atoms with van der Waals surface area (Å²) in [5, 5.41) is 0.395. The van der Waals surface area contributed by atoms with E-state index in [1.807, 2.05) is 11.8 Å². The summed E-state index contributed by atoms with van der Waals surface area (Å²) in [6, 6.07) is 1.66. The van der Waals surface area contributed by atoms with E-state index in [1.165, 1.54) is 32.5 Å². The number of nitrogens with zero attached hydrogens (tertiary/aromatic N) is 3. The van der Waals surface area contributed by atoms with Crippen molar-refractivity contribution >= 4 is 17.5 Å². The molecule has 0 spiro atoms. The maximum atomic E-state index is 12.6. The van der Waals surface area contributed by atoms with Crippen molar-refractivity contribution in [3.63, 3.8) is 0 Å². The number of likely N-dealkylation sites (tertiary alicyclic amines) is 2. The molecular formula is C18H26ClN3O2. The first kappa shape index (κ1) is 17.5. The molecule has 3 heterocycles. The van der Waals surface area contributed by atoms with E-state index in [0.717, 1.165) is 25.9 Å². The predicted molar refractivity (Wildman–Crippen MR) is 94.7 cm³/mol. The Morgan fingerprint density at radius 1 is 1.29 bits per heavy atom. The molecule has 2 aliphatic rings. The van der Waals surface area contributed by atoms with E-state index in [1.54, 1.807) is 12.3 Å². The number of pyridine rings is 1. The van der Waals surface area contributed by atoms with Crippen LogP contribution in [-0.2, 0) is 0 Å². The Morgan fingerprint density at radius 3 is 2.62 bits per heavy atom. The molecule has 3 rings (SSSR count). The minimum absolute atomic E-state index is 0.0204. The van der Waals surface area contributed by atoms with Gasteiger partial charge in [-0.05, 0) is 57.7 Å². The molecule has 24 heavy (non-hydrogen) atoms. The Kier molecular flexibility index (Phi) is 5.95. The summed E-state index contributed by atoms with van der Waals surface area (Å²) in [7, 11) is 0. The molecule has 2 fully saturated rings. The largest absolute Gasteiger partial charge is 0.477 e. The molecule has 2 aliphatic heterocycles. The monoisotopic (exact) mass is 351 g/mol. The average molecular weight is 352 g/mol. The second-order valence-electron chi connectivity index (χ2n) is 6.69. The molecule has 5 nitrogen and oxygen atoms in total. The maximum absolute atomic E-state index is 12.6. The summed E-state index contributed by atoms with van der Waals surface area (Å²) in [6.45, 7) is 7.71. The van der Waals surface area contributed by atoms with Crippen LogP contribution in [0.25, 0.3) is 0 Å². The third-order valence-electron chi connectivity index (χ3n) is 4.95. The fourth-order valence-corrected chi connectivity index (χ4v) is 3.84. The van der Waals surface area contributed by atoms with Crippen LogP contribution in [0.4, 0.5) is 0 Å². The number of carbonyl (C=O) groups is 1. The van der Waals surface area contributed by atoms with Crippen LogP contribution >= 0.6 is 11.6 Å². The molecule has 2 saturated heterocycles. The van der Waals surface area contributed by atoms with Gasteiger partial charge in [-0.15, -0.1) is 0 Å². The lowest BCUT2D eigenvalue weighted by Crippen LogP contribution is -2.41. The molecule has 1 aromatic rings. The van der Waals surface area contributed by atoms with E-state index in [0.29, 0.717) is 29.0 Å². The topological polar surface area (TPSA) is 45.7 Å². The van der Waals surface area contributed by atoms with E-state index in [4.69, 9.17) is 16.3 Å². The van der Waals surface area contributed by atoms with Crippen LogP contribution in [0.5, 0.6) is 5.88 Å². The summed E-state index contributed by atoms with van der Waals surface area (Å²) in [4.78, 5) is 21.3. The Labute approximate surface area is 148 Å². The molecule has 0 aromatic carbocycles. The van der Waals surface area contributed by atoms with Crippen molar-refractivity contribution in [2.24, 2.45) is 5.92 Å². The standard InChI is InChI=1S/C18H26ClN3O2/c1-2-24-17-16(19)11-15(12-20-17)18(23)22-9-5-14(6-10-22)13-21-7-3-4-8-21/h11-12,14H,2-10,13H2,1H3. The summed E-state index contributed by atoms with van der Waals surface area (Å²) in [5.41, 5.74) is 0.543. The first-order chi connectivity index (χ1) is 11.7. The van der Waals surface area contributed by atoms with E-state index in [9.17, 15) is 4.79 Å². The zero-order valence-electron chi connectivity index (χ0n) is 14.3. The van der Waals surface area contributed by atoms with E-state index in [2.05, 4.69) is 9.88 Å². The normalized spacial score (nSPS) is 19.7. The van der Waals surface area contributed by atoms with Crippen LogP contribution in [0, 0.1) is 5.92 Å². The van der Waals surface area contributed by atoms with Crippen molar-refractivity contribution in [1.82, 2.24) is 14.8 Å². The quantitative estimate of drug-likeness (QED) is 0.817. The maximum Gasteiger partial charge on any atom is 0.255 e. The summed E-state index contributed by atoms with van der Waals surface area (Å²) in [6.07, 6.45) is 6.40. The van der Waals surface area contributed by atoms with Gasteiger partial charge in [0, 0.05) is 25.8 Å². The molecular weight excluding hydrogens is 326 g/mol. The summed E-state index contributed by atoms with van der Waals surface area (Å²) >= 11 is 6.15. The predicted octanol–water partition coefficient (Wildman–Crippen LogP) is 3.08. The number of amides is 1. The Balaban J connectivity index is 1.53. The van der Waals surface area contributed by atoms with E-state index in [-0.39, 0.29) is 5.91 Å². The SMILES string of the molecule is CCOc1ncc(C(=O)N2CCC(CN3CCCC3)CC2)cc1Cl. The average Bonchev–Trinajstić information content (AvgIpc) is 3.10. The smallest absolute Gasteiger partial charge is 0.255 e. The van der Waals surface area contributed by atoms with Gasteiger partial charge in [-0.3, -0.25) is 4.79 Å². The van der Waals surface area contributed by atoms with Crippen molar-refractivity contribution in [1.29, 1.82) is 0 Å². The van der Waals surface area contributed by atoms with Crippen molar-refractivity contribution in [3.8, 4) is 5.88 Å². The molecule has 0 radical (unpaired) electrons. The van der Waals surface area contributed by atoms with Gasteiger partial charge in [0.05, 0.1) is 12.2 Å². The first-order valence-corrected chi connectivity index (χ1v) is 9.35. The molecule has 132 valence electrons. The van der Waals surface area contributed by atoms with Gasteiger partial charge in [0.1, 0.15) is 5.02 Å². The van der Waals surface area contributed by atoms with Gasteiger partial charge in [-0.25, -0.2) is 4.98 Å². The van der Waals surface area contributed by atoms with Crippen molar-refractivity contribution in [2.45, 2.75) is 32.6 Å². The van der Waals surface area contributed by atoms with E-state index >= 15 is 0 Å². The number of piperidine rings is 1. The fourth-order valence-electron chi connectivity index (χ4n) is 3.62. The molecule has 1 aromatic heterocycles. The van der Waals surface area contributed by atoms with Crippen LogP contribution in [0.15, 0.2) is 12.3 Å². The fraction of sp³-hybridized carbons (Fsp3) is 0.667. The van der Waals surface area contributed by atoms with Crippen LogP contribution in [0.2, 0.25) is 5.02 Å².